The van der Waals surface area contributed by atoms with Crippen LogP contribution < -0.4 is 4.90 Å². The van der Waals surface area contributed by atoms with E-state index in [-0.39, 0.29) is 11.2 Å². The average Bonchev–Trinajstić information content (AvgIpc) is 2.50. The zero-order valence-electron chi connectivity index (χ0n) is 11.4. The summed E-state index contributed by atoms with van der Waals surface area (Å²) in [6, 6.07) is 8.43. The summed E-state index contributed by atoms with van der Waals surface area (Å²) in [5, 5.41) is 0. The molecule has 1 aromatic carbocycles. The van der Waals surface area contributed by atoms with Gasteiger partial charge in [0.2, 0.25) is 0 Å². The fraction of sp³-hybridized carbons (Fsp3) is 0.312. The molecular formula is C16H19NO. The number of rotatable bonds is 2. The molecule has 0 bridgehead atoms. The molecule has 0 saturated heterocycles. The Balaban J connectivity index is 2.44. The van der Waals surface area contributed by atoms with Gasteiger partial charge in [-0.05, 0) is 30.7 Å². The van der Waals surface area contributed by atoms with Crippen LogP contribution in [0.1, 0.15) is 26.3 Å². The van der Waals surface area contributed by atoms with E-state index in [1.807, 2.05) is 12.2 Å². The van der Waals surface area contributed by atoms with E-state index in [0.717, 1.165) is 0 Å². The Hall–Kier alpha value is -1.83. The van der Waals surface area contributed by atoms with Gasteiger partial charge in [0.15, 0.2) is 5.78 Å². The molecule has 2 rings (SSSR count). The number of hydrogen-bond donors (Lipinski definition) is 0. The summed E-state index contributed by atoms with van der Waals surface area (Å²) in [5.41, 5.74) is 3.76. The van der Waals surface area contributed by atoms with E-state index in [2.05, 4.69) is 50.1 Å². The number of fused-ring (bicyclic) bond motifs is 1. The molecule has 0 atom stereocenters. The number of para-hydroxylation sites is 1. The number of benzene rings is 1. The van der Waals surface area contributed by atoms with Crippen LogP contribution in [0.4, 0.5) is 5.69 Å². The van der Waals surface area contributed by atoms with E-state index in [1.165, 1.54) is 16.9 Å². The Kier molecular flexibility index (Phi) is 3.12. The van der Waals surface area contributed by atoms with Crippen LogP contribution in [0.5, 0.6) is 0 Å². The number of ketones is 1. The summed E-state index contributed by atoms with van der Waals surface area (Å²) >= 11 is 0. The summed E-state index contributed by atoms with van der Waals surface area (Å²) in [6.45, 7) is 5.98. The highest BCUT2D eigenvalue weighted by Gasteiger charge is 2.37. The third kappa shape index (κ3) is 1.99. The summed E-state index contributed by atoms with van der Waals surface area (Å²) in [5.74, 6) is 0.0721. The van der Waals surface area contributed by atoms with Gasteiger partial charge >= 0.3 is 0 Å². The van der Waals surface area contributed by atoms with Crippen molar-refractivity contribution < 1.29 is 4.79 Å². The zero-order valence-corrected chi connectivity index (χ0v) is 11.4. The molecule has 0 radical (unpaired) electrons. The van der Waals surface area contributed by atoms with Gasteiger partial charge in [0.25, 0.3) is 0 Å². The van der Waals surface area contributed by atoms with Crippen molar-refractivity contribution in [1.82, 2.24) is 0 Å². The molecule has 2 nitrogen and oxygen atoms in total. The van der Waals surface area contributed by atoms with E-state index in [4.69, 9.17) is 0 Å². The second-order valence-electron chi connectivity index (χ2n) is 5.22. The first-order valence-electron chi connectivity index (χ1n) is 6.17. The highest BCUT2D eigenvalue weighted by molar-refractivity contribution is 5.87. The lowest BCUT2D eigenvalue weighted by atomic mass is 9.84. The summed E-state index contributed by atoms with van der Waals surface area (Å²) in [6.07, 6.45) is 5.46. The standard InChI is InChI=1S/C16H19NO/c1-12(18)8-7-11-15-16(2,3)13-9-5-6-10-14(13)17(15)4/h5-11H,1-4H3/b8-7+,15-11?. The van der Waals surface area contributed by atoms with Crippen LogP contribution >= 0.6 is 0 Å². The van der Waals surface area contributed by atoms with Gasteiger partial charge in [-0.15, -0.1) is 0 Å². The van der Waals surface area contributed by atoms with Crippen molar-refractivity contribution in [3.63, 3.8) is 0 Å². The van der Waals surface area contributed by atoms with E-state index >= 15 is 0 Å². The Labute approximate surface area is 109 Å². The fourth-order valence-electron chi connectivity index (χ4n) is 2.58. The highest BCUT2D eigenvalue weighted by atomic mass is 16.1. The van der Waals surface area contributed by atoms with Crippen molar-refractivity contribution in [3.05, 3.63) is 53.8 Å². The van der Waals surface area contributed by atoms with E-state index in [0.29, 0.717) is 0 Å². The number of carbonyl (C=O) groups excluding carboxylic acids is 1. The third-order valence-corrected chi connectivity index (χ3v) is 3.53. The molecule has 0 amide bonds. The smallest absolute Gasteiger partial charge is 0.152 e. The maximum absolute atomic E-state index is 10.9. The number of carbonyl (C=O) groups is 1. The Morgan fingerprint density at radius 1 is 1.28 bits per heavy atom. The number of likely N-dealkylation sites (N-methyl/N-ethyl adjacent to an activating group) is 1. The van der Waals surface area contributed by atoms with E-state index in [1.54, 1.807) is 13.0 Å². The topological polar surface area (TPSA) is 20.3 Å². The van der Waals surface area contributed by atoms with Crippen LogP contribution in [-0.4, -0.2) is 12.8 Å². The Morgan fingerprint density at radius 2 is 1.94 bits per heavy atom. The van der Waals surface area contributed by atoms with Crippen molar-refractivity contribution in [1.29, 1.82) is 0 Å². The van der Waals surface area contributed by atoms with Gasteiger partial charge in [0, 0.05) is 23.8 Å². The van der Waals surface area contributed by atoms with Gasteiger partial charge in [-0.1, -0.05) is 38.1 Å². The van der Waals surface area contributed by atoms with Crippen molar-refractivity contribution in [2.24, 2.45) is 0 Å². The van der Waals surface area contributed by atoms with E-state index < -0.39 is 0 Å². The molecule has 0 saturated carbocycles. The lowest BCUT2D eigenvalue weighted by molar-refractivity contribution is -0.112. The molecule has 1 heterocycles. The van der Waals surface area contributed by atoms with Gasteiger partial charge < -0.3 is 4.90 Å². The highest BCUT2D eigenvalue weighted by Crippen LogP contribution is 2.46. The van der Waals surface area contributed by atoms with Gasteiger partial charge in [0.05, 0.1) is 0 Å². The molecule has 0 aromatic heterocycles. The molecule has 1 aliphatic rings. The SMILES string of the molecule is CC(=O)/C=C/C=C1N(C)c2ccccc2C1(C)C. The Morgan fingerprint density at radius 3 is 2.56 bits per heavy atom. The van der Waals surface area contributed by atoms with Crippen LogP contribution in [0, 0.1) is 0 Å². The number of nitrogens with zero attached hydrogens (tertiary/aromatic N) is 1. The molecule has 0 aliphatic carbocycles. The number of hydrogen-bond acceptors (Lipinski definition) is 2. The predicted molar refractivity (Wildman–Crippen MR) is 75.8 cm³/mol. The van der Waals surface area contributed by atoms with Crippen LogP contribution in [0.25, 0.3) is 0 Å². The number of anilines is 1. The van der Waals surface area contributed by atoms with Gasteiger partial charge in [-0.2, -0.15) is 0 Å². The van der Waals surface area contributed by atoms with Gasteiger partial charge in [0.1, 0.15) is 0 Å². The molecule has 0 N–H and O–H groups in total. The zero-order chi connectivity index (χ0) is 13.3. The minimum Gasteiger partial charge on any atom is -0.347 e. The third-order valence-electron chi connectivity index (χ3n) is 3.53. The first-order valence-corrected chi connectivity index (χ1v) is 6.17. The van der Waals surface area contributed by atoms with Gasteiger partial charge in [-0.25, -0.2) is 0 Å². The lowest BCUT2D eigenvalue weighted by Gasteiger charge is -2.23. The van der Waals surface area contributed by atoms with Gasteiger partial charge in [-0.3, -0.25) is 4.79 Å². The second kappa shape index (κ2) is 4.45. The number of allylic oxidation sites excluding steroid dienone is 4. The minimum absolute atomic E-state index is 0.0214. The summed E-state index contributed by atoms with van der Waals surface area (Å²) in [4.78, 5) is 13.1. The molecule has 94 valence electrons. The lowest BCUT2D eigenvalue weighted by Crippen LogP contribution is -2.22. The first-order chi connectivity index (χ1) is 8.44. The first kappa shape index (κ1) is 12.6. The molecular weight excluding hydrogens is 222 g/mol. The summed E-state index contributed by atoms with van der Waals surface area (Å²) < 4.78 is 0. The quantitative estimate of drug-likeness (QED) is 0.739. The molecule has 0 spiro atoms. The van der Waals surface area contributed by atoms with Crippen LogP contribution in [0.3, 0.4) is 0 Å². The predicted octanol–water partition coefficient (Wildman–Crippen LogP) is 3.44. The monoisotopic (exact) mass is 241 g/mol. The fourth-order valence-corrected chi connectivity index (χ4v) is 2.58. The minimum atomic E-state index is -0.0214. The summed E-state index contributed by atoms with van der Waals surface area (Å²) in [7, 11) is 2.07. The molecule has 1 aliphatic heterocycles. The van der Waals surface area contributed by atoms with Crippen molar-refractivity contribution in [2.75, 3.05) is 11.9 Å². The molecule has 18 heavy (non-hydrogen) atoms. The Bertz CT molecular complexity index is 538. The normalized spacial score (nSPS) is 19.6. The molecule has 1 aromatic rings. The largest absolute Gasteiger partial charge is 0.347 e. The van der Waals surface area contributed by atoms with Crippen molar-refractivity contribution in [2.45, 2.75) is 26.2 Å². The maximum atomic E-state index is 10.9. The average molecular weight is 241 g/mol. The van der Waals surface area contributed by atoms with Crippen LogP contribution in [-0.2, 0) is 10.2 Å². The molecule has 2 heteroatoms. The van der Waals surface area contributed by atoms with Crippen LogP contribution in [0.2, 0.25) is 0 Å². The molecule has 0 fully saturated rings. The second-order valence-corrected chi connectivity index (χ2v) is 5.22. The van der Waals surface area contributed by atoms with Crippen LogP contribution in [0.15, 0.2) is 48.2 Å². The van der Waals surface area contributed by atoms with E-state index in [9.17, 15) is 4.79 Å². The molecule has 0 unspecified atom stereocenters. The maximum Gasteiger partial charge on any atom is 0.152 e. The van der Waals surface area contributed by atoms with Crippen molar-refractivity contribution in [3.8, 4) is 0 Å². The van der Waals surface area contributed by atoms with Crippen molar-refractivity contribution >= 4 is 11.5 Å².